The zero-order chi connectivity index (χ0) is 18.4. The minimum atomic E-state index is -0.392. The molecule has 7 heteroatoms. The fourth-order valence-corrected chi connectivity index (χ4v) is 2.11. The lowest BCUT2D eigenvalue weighted by molar-refractivity contribution is 0.0526. The third-order valence-corrected chi connectivity index (χ3v) is 3.16. The quantitative estimate of drug-likeness (QED) is 0.784. The molecule has 1 amide bonds. The highest BCUT2D eigenvalue weighted by Gasteiger charge is 2.12. The van der Waals surface area contributed by atoms with E-state index >= 15 is 0 Å². The van der Waals surface area contributed by atoms with Crippen molar-refractivity contribution in [2.45, 2.75) is 33.7 Å². The third kappa shape index (κ3) is 5.27. The van der Waals surface area contributed by atoms with Crippen LogP contribution in [0.2, 0.25) is 0 Å². The van der Waals surface area contributed by atoms with Crippen molar-refractivity contribution >= 4 is 23.5 Å². The number of hydrogen-bond acceptors (Lipinski definition) is 6. The van der Waals surface area contributed by atoms with E-state index in [0.29, 0.717) is 29.5 Å². The molecule has 1 aromatic heterocycles. The van der Waals surface area contributed by atoms with Crippen molar-refractivity contribution in [3.8, 4) is 0 Å². The number of benzene rings is 1. The molecule has 1 heterocycles. The SMILES string of the molecule is CCOC(=O)c1ccc(NC(=O)c2cc(C)nc(NC(C)C)n2)cc1. The third-order valence-electron chi connectivity index (χ3n) is 3.16. The van der Waals surface area contributed by atoms with Gasteiger partial charge in [-0.25, -0.2) is 14.8 Å². The Kier molecular flexibility index (Phi) is 6.05. The Morgan fingerprint density at radius 3 is 2.44 bits per heavy atom. The van der Waals surface area contributed by atoms with E-state index in [1.54, 1.807) is 44.2 Å². The van der Waals surface area contributed by atoms with Gasteiger partial charge in [0, 0.05) is 17.4 Å². The van der Waals surface area contributed by atoms with Gasteiger partial charge in [0.25, 0.3) is 5.91 Å². The molecule has 0 aliphatic carbocycles. The molecule has 2 N–H and O–H groups in total. The first-order valence-corrected chi connectivity index (χ1v) is 8.09. The first kappa shape index (κ1) is 18.4. The first-order chi connectivity index (χ1) is 11.9. The highest BCUT2D eigenvalue weighted by molar-refractivity contribution is 6.03. The molecule has 1 aromatic carbocycles. The Balaban J connectivity index is 2.11. The molecular weight excluding hydrogens is 320 g/mol. The number of esters is 1. The molecule has 0 unspecified atom stereocenters. The number of aromatic nitrogens is 2. The molecule has 7 nitrogen and oxygen atoms in total. The predicted octanol–water partition coefficient (Wildman–Crippen LogP) is 3.03. The van der Waals surface area contributed by atoms with Gasteiger partial charge in [0.1, 0.15) is 5.69 Å². The molecule has 132 valence electrons. The minimum absolute atomic E-state index is 0.160. The standard InChI is InChI=1S/C18H22N4O3/c1-5-25-17(24)13-6-8-14(9-7-13)21-16(23)15-10-12(4)20-18(22-15)19-11(2)3/h6-11H,5H2,1-4H3,(H,21,23)(H,19,20,22). The number of carbonyl (C=O) groups excluding carboxylic acids is 2. The fourth-order valence-electron chi connectivity index (χ4n) is 2.11. The summed E-state index contributed by atoms with van der Waals surface area (Å²) in [5, 5.41) is 5.84. The molecule has 0 saturated heterocycles. The van der Waals surface area contributed by atoms with E-state index in [0.717, 1.165) is 0 Å². The second-order valence-corrected chi connectivity index (χ2v) is 5.77. The van der Waals surface area contributed by atoms with E-state index in [9.17, 15) is 9.59 Å². The van der Waals surface area contributed by atoms with Gasteiger partial charge >= 0.3 is 5.97 Å². The Labute approximate surface area is 146 Å². The lowest BCUT2D eigenvalue weighted by Gasteiger charge is -2.11. The number of hydrogen-bond donors (Lipinski definition) is 2. The summed E-state index contributed by atoms with van der Waals surface area (Å²) in [6, 6.07) is 8.27. The zero-order valence-corrected chi connectivity index (χ0v) is 14.8. The molecule has 25 heavy (non-hydrogen) atoms. The Morgan fingerprint density at radius 1 is 1.16 bits per heavy atom. The molecule has 0 saturated carbocycles. The number of amides is 1. The highest BCUT2D eigenvalue weighted by Crippen LogP contribution is 2.13. The van der Waals surface area contributed by atoms with E-state index in [4.69, 9.17) is 4.74 Å². The number of nitrogens with one attached hydrogen (secondary N) is 2. The molecule has 0 atom stereocenters. The van der Waals surface area contributed by atoms with E-state index in [1.165, 1.54) is 0 Å². The number of anilines is 2. The maximum Gasteiger partial charge on any atom is 0.338 e. The number of carbonyl (C=O) groups is 2. The Bertz CT molecular complexity index is 757. The summed E-state index contributed by atoms with van der Waals surface area (Å²) in [5.41, 5.74) is 1.96. The summed E-state index contributed by atoms with van der Waals surface area (Å²) in [6.07, 6.45) is 0. The van der Waals surface area contributed by atoms with Crippen LogP contribution in [0, 0.1) is 6.92 Å². The van der Waals surface area contributed by atoms with Gasteiger partial charge in [0.15, 0.2) is 0 Å². The van der Waals surface area contributed by atoms with E-state index in [-0.39, 0.29) is 17.6 Å². The average molecular weight is 342 g/mol. The van der Waals surface area contributed by atoms with E-state index < -0.39 is 5.97 Å². The summed E-state index contributed by atoms with van der Waals surface area (Å²) in [5.74, 6) is -0.324. The van der Waals surface area contributed by atoms with Gasteiger partial charge in [-0.15, -0.1) is 0 Å². The molecule has 0 radical (unpaired) electrons. The number of ether oxygens (including phenoxy) is 1. The molecule has 0 aliphatic heterocycles. The average Bonchev–Trinajstić information content (AvgIpc) is 2.54. The van der Waals surface area contributed by atoms with Gasteiger partial charge in [-0.05, 0) is 58.0 Å². The van der Waals surface area contributed by atoms with E-state index in [1.807, 2.05) is 13.8 Å². The van der Waals surface area contributed by atoms with E-state index in [2.05, 4.69) is 20.6 Å². The van der Waals surface area contributed by atoms with Crippen LogP contribution in [-0.4, -0.2) is 34.5 Å². The van der Waals surface area contributed by atoms with Crippen LogP contribution in [0.25, 0.3) is 0 Å². The van der Waals surface area contributed by atoms with Gasteiger partial charge in [-0.3, -0.25) is 4.79 Å². The van der Waals surface area contributed by atoms with Crippen LogP contribution in [0.5, 0.6) is 0 Å². The Hall–Kier alpha value is -2.96. The maximum atomic E-state index is 12.4. The van der Waals surface area contributed by atoms with Crippen LogP contribution in [0.1, 0.15) is 47.3 Å². The second-order valence-electron chi connectivity index (χ2n) is 5.77. The van der Waals surface area contributed by atoms with Gasteiger partial charge in [0.2, 0.25) is 5.95 Å². The zero-order valence-electron chi connectivity index (χ0n) is 14.8. The summed E-state index contributed by atoms with van der Waals surface area (Å²) in [6.45, 7) is 7.81. The van der Waals surface area contributed by atoms with Crippen molar-refractivity contribution < 1.29 is 14.3 Å². The van der Waals surface area contributed by atoms with Crippen molar-refractivity contribution in [3.05, 3.63) is 47.3 Å². The van der Waals surface area contributed by atoms with Crippen molar-refractivity contribution in [1.29, 1.82) is 0 Å². The number of nitrogens with zero attached hydrogens (tertiary/aromatic N) is 2. The van der Waals surface area contributed by atoms with Gasteiger partial charge in [0.05, 0.1) is 12.2 Å². The summed E-state index contributed by atoms with van der Waals surface area (Å²) in [7, 11) is 0. The van der Waals surface area contributed by atoms with Gasteiger partial charge in [-0.1, -0.05) is 0 Å². The maximum absolute atomic E-state index is 12.4. The van der Waals surface area contributed by atoms with Crippen molar-refractivity contribution in [3.63, 3.8) is 0 Å². The molecule has 2 rings (SSSR count). The van der Waals surface area contributed by atoms with Crippen LogP contribution in [-0.2, 0) is 4.74 Å². The van der Waals surface area contributed by atoms with Crippen LogP contribution in [0.3, 0.4) is 0 Å². The van der Waals surface area contributed by atoms with Gasteiger partial charge < -0.3 is 15.4 Å². The summed E-state index contributed by atoms with van der Waals surface area (Å²) < 4.78 is 4.93. The first-order valence-electron chi connectivity index (χ1n) is 8.09. The van der Waals surface area contributed by atoms with Crippen molar-refractivity contribution in [1.82, 2.24) is 9.97 Å². The molecule has 0 spiro atoms. The minimum Gasteiger partial charge on any atom is -0.462 e. The van der Waals surface area contributed by atoms with Crippen molar-refractivity contribution in [2.75, 3.05) is 17.2 Å². The van der Waals surface area contributed by atoms with Crippen LogP contribution in [0.4, 0.5) is 11.6 Å². The highest BCUT2D eigenvalue weighted by atomic mass is 16.5. The topological polar surface area (TPSA) is 93.2 Å². The molecule has 0 aliphatic rings. The van der Waals surface area contributed by atoms with Crippen LogP contribution < -0.4 is 10.6 Å². The summed E-state index contributed by atoms with van der Waals surface area (Å²) in [4.78, 5) is 32.5. The normalized spacial score (nSPS) is 10.4. The lowest BCUT2D eigenvalue weighted by Crippen LogP contribution is -2.18. The van der Waals surface area contributed by atoms with Gasteiger partial charge in [-0.2, -0.15) is 0 Å². The summed E-state index contributed by atoms with van der Waals surface area (Å²) >= 11 is 0. The van der Waals surface area contributed by atoms with Crippen LogP contribution >= 0.6 is 0 Å². The number of rotatable bonds is 6. The smallest absolute Gasteiger partial charge is 0.338 e. The predicted molar refractivity (Wildman–Crippen MR) is 95.9 cm³/mol. The molecular formula is C18H22N4O3. The molecule has 2 aromatic rings. The van der Waals surface area contributed by atoms with Crippen molar-refractivity contribution in [2.24, 2.45) is 0 Å². The Morgan fingerprint density at radius 2 is 1.84 bits per heavy atom. The van der Waals surface area contributed by atoms with Crippen LogP contribution in [0.15, 0.2) is 30.3 Å². The molecule has 0 bridgehead atoms. The second kappa shape index (κ2) is 8.23. The lowest BCUT2D eigenvalue weighted by atomic mass is 10.2. The largest absolute Gasteiger partial charge is 0.462 e. The monoisotopic (exact) mass is 342 g/mol. The molecule has 0 fully saturated rings. The fraction of sp³-hybridized carbons (Fsp3) is 0.333. The number of aryl methyl sites for hydroxylation is 1.